The van der Waals surface area contributed by atoms with E-state index in [1.165, 1.54) is 12.0 Å². The van der Waals surface area contributed by atoms with Crippen molar-refractivity contribution in [3.05, 3.63) is 33.8 Å². The quantitative estimate of drug-likeness (QED) is 0.837. The summed E-state index contributed by atoms with van der Waals surface area (Å²) in [5.74, 6) is 0.719. The molecular formula is C14H21BrO. The maximum Gasteiger partial charge on any atom is 0.0790 e. The van der Waals surface area contributed by atoms with Crippen LogP contribution in [-0.4, -0.2) is 5.11 Å². The Morgan fingerprint density at radius 3 is 2.50 bits per heavy atom. The Kier molecular flexibility index (Phi) is 5.50. The van der Waals surface area contributed by atoms with Gasteiger partial charge < -0.3 is 5.11 Å². The molecule has 2 heteroatoms. The van der Waals surface area contributed by atoms with E-state index in [0.29, 0.717) is 0 Å². The van der Waals surface area contributed by atoms with Crippen molar-refractivity contribution in [1.82, 2.24) is 0 Å². The van der Waals surface area contributed by atoms with E-state index in [0.717, 1.165) is 28.8 Å². The van der Waals surface area contributed by atoms with Crippen molar-refractivity contribution in [2.24, 2.45) is 5.92 Å². The predicted molar refractivity (Wildman–Crippen MR) is 72.5 cm³/mol. The second kappa shape index (κ2) is 6.41. The highest BCUT2D eigenvalue weighted by Gasteiger charge is 2.08. The van der Waals surface area contributed by atoms with Gasteiger partial charge in [-0.3, -0.25) is 0 Å². The van der Waals surface area contributed by atoms with Crippen molar-refractivity contribution in [1.29, 1.82) is 0 Å². The fourth-order valence-electron chi connectivity index (χ4n) is 1.70. The van der Waals surface area contributed by atoms with Gasteiger partial charge in [-0.05, 0) is 36.5 Å². The summed E-state index contributed by atoms with van der Waals surface area (Å²) < 4.78 is 1.08. The number of hydrogen-bond donors (Lipinski definition) is 1. The Balaban J connectivity index is 2.52. The van der Waals surface area contributed by atoms with Gasteiger partial charge in [-0.1, -0.05) is 54.8 Å². The van der Waals surface area contributed by atoms with Crippen molar-refractivity contribution in [2.45, 2.75) is 46.1 Å². The van der Waals surface area contributed by atoms with Gasteiger partial charge in [0.1, 0.15) is 0 Å². The lowest BCUT2D eigenvalue weighted by molar-refractivity contribution is 0.162. The van der Waals surface area contributed by atoms with Crippen LogP contribution < -0.4 is 0 Å². The van der Waals surface area contributed by atoms with Crippen molar-refractivity contribution in [2.75, 3.05) is 0 Å². The SMILES string of the molecule is Cc1ccc(C(O)CCCC(C)C)cc1Br. The molecule has 0 fully saturated rings. The van der Waals surface area contributed by atoms with Crippen LogP contribution in [0.2, 0.25) is 0 Å². The van der Waals surface area contributed by atoms with E-state index >= 15 is 0 Å². The van der Waals surface area contributed by atoms with E-state index in [1.54, 1.807) is 0 Å². The van der Waals surface area contributed by atoms with E-state index in [2.05, 4.69) is 36.7 Å². The highest BCUT2D eigenvalue weighted by Crippen LogP contribution is 2.25. The van der Waals surface area contributed by atoms with Gasteiger partial charge in [0, 0.05) is 4.47 Å². The molecule has 0 radical (unpaired) electrons. The molecule has 0 aliphatic carbocycles. The Morgan fingerprint density at radius 1 is 1.25 bits per heavy atom. The average Bonchev–Trinajstić information content (AvgIpc) is 2.21. The van der Waals surface area contributed by atoms with Gasteiger partial charge in [0.15, 0.2) is 0 Å². The van der Waals surface area contributed by atoms with E-state index in [9.17, 15) is 5.11 Å². The Hall–Kier alpha value is -0.340. The molecule has 16 heavy (non-hydrogen) atoms. The van der Waals surface area contributed by atoms with Crippen LogP contribution in [-0.2, 0) is 0 Å². The van der Waals surface area contributed by atoms with Crippen molar-refractivity contribution < 1.29 is 5.11 Å². The van der Waals surface area contributed by atoms with Crippen LogP contribution in [0.15, 0.2) is 22.7 Å². The first-order chi connectivity index (χ1) is 7.50. The molecule has 0 heterocycles. The van der Waals surface area contributed by atoms with Gasteiger partial charge >= 0.3 is 0 Å². The van der Waals surface area contributed by atoms with Crippen LogP contribution in [0.25, 0.3) is 0 Å². The van der Waals surface area contributed by atoms with Crippen LogP contribution in [0.1, 0.15) is 50.3 Å². The summed E-state index contributed by atoms with van der Waals surface area (Å²) in [4.78, 5) is 0. The molecule has 90 valence electrons. The number of benzene rings is 1. The minimum atomic E-state index is -0.323. The van der Waals surface area contributed by atoms with Crippen molar-refractivity contribution in [3.8, 4) is 0 Å². The molecule has 0 saturated heterocycles. The summed E-state index contributed by atoms with van der Waals surface area (Å²) >= 11 is 3.49. The number of rotatable bonds is 5. The molecule has 0 amide bonds. The standard InChI is InChI=1S/C14H21BrO/c1-10(2)5-4-6-14(16)12-8-7-11(3)13(15)9-12/h7-10,14,16H,4-6H2,1-3H3. The molecule has 1 atom stereocenters. The highest BCUT2D eigenvalue weighted by molar-refractivity contribution is 9.10. The number of aliphatic hydroxyl groups is 1. The smallest absolute Gasteiger partial charge is 0.0790 e. The third kappa shape index (κ3) is 4.26. The van der Waals surface area contributed by atoms with Gasteiger partial charge in [-0.2, -0.15) is 0 Å². The van der Waals surface area contributed by atoms with E-state index < -0.39 is 0 Å². The molecular weight excluding hydrogens is 264 g/mol. The lowest BCUT2D eigenvalue weighted by atomic mass is 9.99. The summed E-state index contributed by atoms with van der Waals surface area (Å²) in [6, 6.07) is 6.08. The van der Waals surface area contributed by atoms with Gasteiger partial charge in [0.05, 0.1) is 6.10 Å². The predicted octanol–water partition coefficient (Wildman–Crippen LogP) is 4.62. The van der Waals surface area contributed by atoms with Gasteiger partial charge in [0.2, 0.25) is 0 Å². The largest absolute Gasteiger partial charge is 0.388 e. The number of aryl methyl sites for hydroxylation is 1. The van der Waals surface area contributed by atoms with Crippen LogP contribution in [0, 0.1) is 12.8 Å². The molecule has 1 aromatic rings. The fraction of sp³-hybridized carbons (Fsp3) is 0.571. The summed E-state index contributed by atoms with van der Waals surface area (Å²) in [6.07, 6.45) is 2.80. The van der Waals surface area contributed by atoms with E-state index in [1.807, 2.05) is 18.2 Å². The van der Waals surface area contributed by atoms with Crippen LogP contribution in [0.3, 0.4) is 0 Å². The summed E-state index contributed by atoms with van der Waals surface area (Å²) in [5, 5.41) is 10.0. The topological polar surface area (TPSA) is 20.2 Å². The molecule has 0 aliphatic rings. The first kappa shape index (κ1) is 13.7. The molecule has 1 unspecified atom stereocenters. The summed E-state index contributed by atoms with van der Waals surface area (Å²) in [7, 11) is 0. The third-order valence-electron chi connectivity index (χ3n) is 2.84. The number of hydrogen-bond acceptors (Lipinski definition) is 1. The second-order valence-corrected chi connectivity index (χ2v) is 5.70. The van der Waals surface area contributed by atoms with Gasteiger partial charge in [-0.25, -0.2) is 0 Å². The van der Waals surface area contributed by atoms with E-state index in [4.69, 9.17) is 0 Å². The van der Waals surface area contributed by atoms with Crippen molar-refractivity contribution >= 4 is 15.9 Å². The molecule has 0 bridgehead atoms. The first-order valence-electron chi connectivity index (χ1n) is 5.95. The lowest BCUT2D eigenvalue weighted by Gasteiger charge is -2.13. The minimum Gasteiger partial charge on any atom is -0.388 e. The van der Waals surface area contributed by atoms with Gasteiger partial charge in [0.25, 0.3) is 0 Å². The zero-order chi connectivity index (χ0) is 12.1. The number of aliphatic hydroxyl groups excluding tert-OH is 1. The first-order valence-corrected chi connectivity index (χ1v) is 6.74. The van der Waals surface area contributed by atoms with Crippen LogP contribution >= 0.6 is 15.9 Å². The maximum atomic E-state index is 10.0. The van der Waals surface area contributed by atoms with Crippen LogP contribution in [0.4, 0.5) is 0 Å². The molecule has 1 aromatic carbocycles. The molecule has 1 N–H and O–H groups in total. The monoisotopic (exact) mass is 284 g/mol. The summed E-state index contributed by atoms with van der Waals surface area (Å²) in [6.45, 7) is 6.49. The Bertz CT molecular complexity index is 334. The number of halogens is 1. The summed E-state index contributed by atoms with van der Waals surface area (Å²) in [5.41, 5.74) is 2.22. The highest BCUT2D eigenvalue weighted by atomic mass is 79.9. The molecule has 0 aliphatic heterocycles. The van der Waals surface area contributed by atoms with Gasteiger partial charge in [-0.15, -0.1) is 0 Å². The zero-order valence-electron chi connectivity index (χ0n) is 10.3. The Labute approximate surface area is 107 Å². The Morgan fingerprint density at radius 2 is 1.94 bits per heavy atom. The van der Waals surface area contributed by atoms with E-state index in [-0.39, 0.29) is 6.10 Å². The molecule has 0 aromatic heterocycles. The van der Waals surface area contributed by atoms with Crippen molar-refractivity contribution in [3.63, 3.8) is 0 Å². The maximum absolute atomic E-state index is 10.0. The van der Waals surface area contributed by atoms with Crippen LogP contribution in [0.5, 0.6) is 0 Å². The second-order valence-electron chi connectivity index (χ2n) is 4.85. The lowest BCUT2D eigenvalue weighted by Crippen LogP contribution is -1.99. The fourth-order valence-corrected chi connectivity index (χ4v) is 2.10. The zero-order valence-corrected chi connectivity index (χ0v) is 11.9. The average molecular weight is 285 g/mol. The minimum absolute atomic E-state index is 0.323. The normalized spacial score (nSPS) is 13.1. The molecule has 0 saturated carbocycles. The molecule has 1 rings (SSSR count). The third-order valence-corrected chi connectivity index (χ3v) is 3.69. The molecule has 0 spiro atoms. The molecule has 1 nitrogen and oxygen atoms in total.